The molecule has 0 saturated carbocycles. The molecule has 0 aliphatic carbocycles. The highest BCUT2D eigenvalue weighted by molar-refractivity contribution is 5.95. The van der Waals surface area contributed by atoms with Crippen molar-refractivity contribution in [3.63, 3.8) is 0 Å². The van der Waals surface area contributed by atoms with Crippen molar-refractivity contribution in [1.82, 2.24) is 15.6 Å². The number of aryl methyl sites for hydroxylation is 3. The number of carbonyl (C=O) groups excluding carboxylic acids is 2. The fourth-order valence-electron chi connectivity index (χ4n) is 3.35. The molecule has 0 spiro atoms. The molecule has 5 nitrogen and oxygen atoms in total. The van der Waals surface area contributed by atoms with Gasteiger partial charge in [0, 0.05) is 23.1 Å². The summed E-state index contributed by atoms with van der Waals surface area (Å²) in [6, 6.07) is 3.77. The van der Waals surface area contributed by atoms with Gasteiger partial charge < -0.3 is 15.6 Å². The van der Waals surface area contributed by atoms with Crippen molar-refractivity contribution in [3.05, 3.63) is 34.5 Å². The fourth-order valence-corrected chi connectivity index (χ4v) is 3.35. The lowest BCUT2D eigenvalue weighted by molar-refractivity contribution is -0.129. The molecule has 0 radical (unpaired) electrons. The predicted octanol–water partition coefficient (Wildman–Crippen LogP) is 2.03. The highest BCUT2D eigenvalue weighted by Gasteiger charge is 2.24. The Bertz CT molecular complexity index is 776. The van der Waals surface area contributed by atoms with E-state index in [1.807, 2.05) is 6.92 Å². The lowest BCUT2D eigenvalue weighted by Crippen LogP contribution is -2.50. The van der Waals surface area contributed by atoms with Gasteiger partial charge in [0.1, 0.15) is 6.04 Å². The molecule has 1 aliphatic heterocycles. The molecular formula is C18H23N3O2. The summed E-state index contributed by atoms with van der Waals surface area (Å²) in [5.74, 6) is -0.177. The van der Waals surface area contributed by atoms with E-state index in [0.29, 0.717) is 19.4 Å². The summed E-state index contributed by atoms with van der Waals surface area (Å²) in [5, 5.41) is 6.79. The maximum atomic E-state index is 12.4. The lowest BCUT2D eigenvalue weighted by Gasteiger charge is -2.22. The zero-order valence-corrected chi connectivity index (χ0v) is 13.9. The maximum absolute atomic E-state index is 12.4. The van der Waals surface area contributed by atoms with Gasteiger partial charge in [-0.2, -0.15) is 0 Å². The predicted molar refractivity (Wildman–Crippen MR) is 90.4 cm³/mol. The topological polar surface area (TPSA) is 74.0 Å². The first kappa shape index (κ1) is 15.6. The normalized spacial score (nSPS) is 18.0. The van der Waals surface area contributed by atoms with Crippen molar-refractivity contribution < 1.29 is 9.59 Å². The first-order valence-electron chi connectivity index (χ1n) is 8.12. The van der Waals surface area contributed by atoms with E-state index in [2.05, 4.69) is 41.6 Å². The number of H-pyrrole nitrogens is 1. The molecule has 2 heterocycles. The van der Waals surface area contributed by atoms with Gasteiger partial charge in [-0.15, -0.1) is 0 Å². The van der Waals surface area contributed by atoms with Gasteiger partial charge in [-0.3, -0.25) is 9.59 Å². The molecule has 2 amide bonds. The lowest BCUT2D eigenvalue weighted by atomic mass is 10.0. The van der Waals surface area contributed by atoms with E-state index in [4.69, 9.17) is 0 Å². The summed E-state index contributed by atoms with van der Waals surface area (Å²) in [4.78, 5) is 27.6. The van der Waals surface area contributed by atoms with Gasteiger partial charge in [-0.25, -0.2) is 0 Å². The van der Waals surface area contributed by atoms with E-state index < -0.39 is 6.04 Å². The van der Waals surface area contributed by atoms with Crippen LogP contribution in [0.3, 0.4) is 0 Å². The van der Waals surface area contributed by atoms with Gasteiger partial charge >= 0.3 is 0 Å². The molecule has 2 aromatic rings. The third kappa shape index (κ3) is 2.96. The summed E-state index contributed by atoms with van der Waals surface area (Å²) >= 11 is 0. The number of hydrogen-bond acceptors (Lipinski definition) is 2. The molecule has 1 aromatic carbocycles. The minimum Gasteiger partial charge on any atom is -0.358 e. The quantitative estimate of drug-likeness (QED) is 0.811. The van der Waals surface area contributed by atoms with E-state index in [0.717, 1.165) is 34.1 Å². The van der Waals surface area contributed by atoms with Gasteiger partial charge in [0.25, 0.3) is 0 Å². The number of amides is 2. The zero-order valence-electron chi connectivity index (χ0n) is 13.9. The molecule has 3 rings (SSSR count). The van der Waals surface area contributed by atoms with Crippen molar-refractivity contribution in [3.8, 4) is 0 Å². The summed E-state index contributed by atoms with van der Waals surface area (Å²) in [5.41, 5.74) is 5.47. The average molecular weight is 313 g/mol. The summed E-state index contributed by atoms with van der Waals surface area (Å²) < 4.78 is 0. The first-order chi connectivity index (χ1) is 11.0. The minimum absolute atomic E-state index is 0.0766. The molecule has 1 saturated heterocycles. The molecule has 5 heteroatoms. The van der Waals surface area contributed by atoms with E-state index in [1.54, 1.807) is 0 Å². The Morgan fingerprint density at radius 2 is 2.00 bits per heavy atom. The monoisotopic (exact) mass is 313 g/mol. The van der Waals surface area contributed by atoms with Crippen LogP contribution in [0.4, 0.5) is 0 Å². The maximum Gasteiger partial charge on any atom is 0.242 e. The Kier molecular flexibility index (Phi) is 4.11. The molecule has 1 atom stereocenters. The van der Waals surface area contributed by atoms with E-state index in [1.165, 1.54) is 5.56 Å². The summed E-state index contributed by atoms with van der Waals surface area (Å²) in [7, 11) is 0. The Hall–Kier alpha value is -2.30. The van der Waals surface area contributed by atoms with Crippen LogP contribution in [0.15, 0.2) is 12.1 Å². The second-order valence-electron chi connectivity index (χ2n) is 6.41. The molecule has 23 heavy (non-hydrogen) atoms. The number of fused-ring (bicyclic) bond motifs is 1. The third-order valence-electron chi connectivity index (χ3n) is 4.65. The minimum atomic E-state index is -0.399. The highest BCUT2D eigenvalue weighted by Crippen LogP contribution is 2.28. The Morgan fingerprint density at radius 3 is 2.74 bits per heavy atom. The van der Waals surface area contributed by atoms with Gasteiger partial charge in [0.05, 0.1) is 6.42 Å². The van der Waals surface area contributed by atoms with Crippen LogP contribution in [0.25, 0.3) is 10.9 Å². The van der Waals surface area contributed by atoms with Crippen LogP contribution >= 0.6 is 0 Å². The van der Waals surface area contributed by atoms with Crippen molar-refractivity contribution in [2.75, 3.05) is 6.54 Å². The second kappa shape index (κ2) is 6.07. The average Bonchev–Trinajstić information content (AvgIpc) is 2.84. The van der Waals surface area contributed by atoms with E-state index >= 15 is 0 Å². The van der Waals surface area contributed by atoms with Crippen LogP contribution in [-0.4, -0.2) is 29.4 Å². The van der Waals surface area contributed by atoms with Gasteiger partial charge in [0.15, 0.2) is 0 Å². The number of hydrogen-bond donors (Lipinski definition) is 3. The summed E-state index contributed by atoms with van der Waals surface area (Å²) in [6.45, 7) is 6.82. The molecule has 0 unspecified atom stereocenters. The van der Waals surface area contributed by atoms with Crippen LogP contribution < -0.4 is 10.6 Å². The standard InChI is InChI=1S/C18H23N3O2/c1-10-6-7-11(2)17-16(10)13(12(3)20-17)9-15(22)21-14-5-4-8-19-18(14)23/h6-7,14,20H,4-5,8-9H2,1-3H3,(H,19,23)(H,21,22)/t14-/m0/s1. The number of benzene rings is 1. The number of aromatic amines is 1. The Morgan fingerprint density at radius 1 is 1.26 bits per heavy atom. The molecular weight excluding hydrogens is 290 g/mol. The van der Waals surface area contributed by atoms with Crippen LogP contribution in [0.1, 0.15) is 35.2 Å². The largest absolute Gasteiger partial charge is 0.358 e. The number of rotatable bonds is 3. The fraction of sp³-hybridized carbons (Fsp3) is 0.444. The van der Waals surface area contributed by atoms with Crippen molar-refractivity contribution >= 4 is 22.7 Å². The Labute approximate surface area is 135 Å². The molecule has 3 N–H and O–H groups in total. The van der Waals surface area contributed by atoms with E-state index in [-0.39, 0.29) is 11.8 Å². The zero-order chi connectivity index (χ0) is 16.6. The van der Waals surface area contributed by atoms with Crippen LogP contribution in [0.5, 0.6) is 0 Å². The molecule has 1 fully saturated rings. The van der Waals surface area contributed by atoms with Gasteiger partial charge in [-0.1, -0.05) is 12.1 Å². The SMILES string of the molecule is Cc1[nH]c2c(C)ccc(C)c2c1CC(=O)N[C@H]1CCCNC1=O. The Balaban J connectivity index is 1.84. The number of carbonyl (C=O) groups is 2. The van der Waals surface area contributed by atoms with E-state index in [9.17, 15) is 9.59 Å². The molecule has 122 valence electrons. The van der Waals surface area contributed by atoms with Crippen molar-refractivity contribution in [2.24, 2.45) is 0 Å². The molecule has 1 aromatic heterocycles. The van der Waals surface area contributed by atoms with Crippen molar-refractivity contribution in [2.45, 2.75) is 46.1 Å². The smallest absolute Gasteiger partial charge is 0.242 e. The second-order valence-corrected chi connectivity index (χ2v) is 6.41. The van der Waals surface area contributed by atoms with Crippen molar-refractivity contribution in [1.29, 1.82) is 0 Å². The van der Waals surface area contributed by atoms with Gasteiger partial charge in [-0.05, 0) is 50.3 Å². The van der Waals surface area contributed by atoms with Gasteiger partial charge in [0.2, 0.25) is 11.8 Å². The number of nitrogens with one attached hydrogen (secondary N) is 3. The van der Waals surface area contributed by atoms with Crippen LogP contribution in [0, 0.1) is 20.8 Å². The highest BCUT2D eigenvalue weighted by atomic mass is 16.2. The first-order valence-corrected chi connectivity index (χ1v) is 8.12. The number of piperidine rings is 1. The van der Waals surface area contributed by atoms with Crippen LogP contribution in [0.2, 0.25) is 0 Å². The molecule has 1 aliphatic rings. The van der Waals surface area contributed by atoms with Crippen LogP contribution in [-0.2, 0) is 16.0 Å². The number of aromatic nitrogens is 1. The third-order valence-corrected chi connectivity index (χ3v) is 4.65. The molecule has 0 bridgehead atoms. The summed E-state index contributed by atoms with van der Waals surface area (Å²) in [6.07, 6.45) is 1.91.